The number of nitrogen functional groups attached to an aromatic ring is 1. The van der Waals surface area contributed by atoms with Gasteiger partial charge in [0.15, 0.2) is 0 Å². The van der Waals surface area contributed by atoms with Gasteiger partial charge in [0.05, 0.1) is 11.3 Å². The first-order valence-corrected chi connectivity index (χ1v) is 5.49. The summed E-state index contributed by atoms with van der Waals surface area (Å²) >= 11 is 0. The molecule has 0 aliphatic carbocycles. The van der Waals surface area contributed by atoms with Crippen LogP contribution in [-0.2, 0) is 0 Å². The molecule has 0 radical (unpaired) electrons. The minimum absolute atomic E-state index is 0.528. The van der Waals surface area contributed by atoms with Crippen molar-refractivity contribution >= 4 is 5.69 Å². The van der Waals surface area contributed by atoms with Crippen molar-refractivity contribution < 1.29 is 0 Å². The highest BCUT2D eigenvalue weighted by Crippen LogP contribution is 2.29. The number of rotatable bonds is 1. The summed E-state index contributed by atoms with van der Waals surface area (Å²) in [7, 11) is 0. The van der Waals surface area contributed by atoms with Gasteiger partial charge in [0.2, 0.25) is 0 Å². The second kappa shape index (κ2) is 4.31. The molecule has 0 bridgehead atoms. The summed E-state index contributed by atoms with van der Waals surface area (Å²) in [6.07, 6.45) is 0. The largest absolute Gasteiger partial charge is 0.397 e. The van der Waals surface area contributed by atoms with Crippen molar-refractivity contribution in [3.63, 3.8) is 0 Å². The molecular weight excluding hydrogens is 208 g/mol. The minimum Gasteiger partial charge on any atom is -0.397 e. The lowest BCUT2D eigenvalue weighted by molar-refractivity contribution is 1.34. The zero-order valence-corrected chi connectivity index (χ0v) is 9.99. The van der Waals surface area contributed by atoms with Gasteiger partial charge in [-0.25, -0.2) is 0 Å². The van der Waals surface area contributed by atoms with Crippen LogP contribution in [0.1, 0.15) is 16.7 Å². The molecule has 0 saturated heterocycles. The summed E-state index contributed by atoms with van der Waals surface area (Å²) in [4.78, 5) is 0. The molecular formula is C15H14N2. The van der Waals surface area contributed by atoms with E-state index in [1.807, 2.05) is 18.2 Å². The molecule has 2 aromatic carbocycles. The Hall–Kier alpha value is -2.27. The van der Waals surface area contributed by atoms with Crippen LogP contribution in [0, 0.1) is 25.2 Å². The predicted molar refractivity (Wildman–Crippen MR) is 70.5 cm³/mol. The van der Waals surface area contributed by atoms with E-state index in [-0.39, 0.29) is 0 Å². The molecule has 0 aromatic heterocycles. The number of nitriles is 1. The van der Waals surface area contributed by atoms with Crippen LogP contribution in [-0.4, -0.2) is 0 Å². The third-order valence-electron chi connectivity index (χ3n) is 3.04. The van der Waals surface area contributed by atoms with Crippen LogP contribution in [0.5, 0.6) is 0 Å². The van der Waals surface area contributed by atoms with E-state index < -0.39 is 0 Å². The first kappa shape index (κ1) is 11.2. The highest BCUT2D eigenvalue weighted by molar-refractivity contribution is 5.80. The summed E-state index contributed by atoms with van der Waals surface area (Å²) < 4.78 is 0. The standard InChI is InChI=1S/C15H14N2/c1-10-6-7-12(8-11(10)2)14-5-3-4-13(9-16)15(14)17/h3-8H,17H2,1-2H3. The van der Waals surface area contributed by atoms with Crippen LogP contribution in [0.4, 0.5) is 5.69 Å². The van der Waals surface area contributed by atoms with Gasteiger partial charge in [-0.3, -0.25) is 0 Å². The average molecular weight is 222 g/mol. The van der Waals surface area contributed by atoms with Crippen molar-refractivity contribution in [1.29, 1.82) is 5.26 Å². The van der Waals surface area contributed by atoms with Crippen LogP contribution in [0.2, 0.25) is 0 Å². The lowest BCUT2D eigenvalue weighted by atomic mass is 9.97. The quantitative estimate of drug-likeness (QED) is 0.751. The predicted octanol–water partition coefficient (Wildman–Crippen LogP) is 3.42. The highest BCUT2D eigenvalue weighted by atomic mass is 14.6. The van der Waals surface area contributed by atoms with Crippen LogP contribution in [0.25, 0.3) is 11.1 Å². The molecule has 0 spiro atoms. The van der Waals surface area contributed by atoms with Gasteiger partial charge in [-0.15, -0.1) is 0 Å². The zero-order chi connectivity index (χ0) is 12.4. The molecule has 0 heterocycles. The molecule has 0 unspecified atom stereocenters. The molecule has 0 atom stereocenters. The number of hydrogen-bond acceptors (Lipinski definition) is 2. The lowest BCUT2D eigenvalue weighted by Gasteiger charge is -2.09. The van der Waals surface area contributed by atoms with Gasteiger partial charge in [0.25, 0.3) is 0 Å². The molecule has 0 saturated carbocycles. The Labute approximate surface area is 101 Å². The Morgan fingerprint density at radius 3 is 2.47 bits per heavy atom. The minimum atomic E-state index is 0.528. The molecule has 2 nitrogen and oxygen atoms in total. The maximum absolute atomic E-state index is 8.96. The first-order valence-electron chi connectivity index (χ1n) is 5.49. The second-order valence-corrected chi connectivity index (χ2v) is 4.18. The van der Waals surface area contributed by atoms with Gasteiger partial charge in [0.1, 0.15) is 6.07 Å². The van der Waals surface area contributed by atoms with Crippen LogP contribution in [0.15, 0.2) is 36.4 Å². The number of benzene rings is 2. The fourth-order valence-corrected chi connectivity index (χ4v) is 1.82. The Morgan fingerprint density at radius 1 is 1.06 bits per heavy atom. The van der Waals surface area contributed by atoms with E-state index in [2.05, 4.69) is 32.0 Å². The van der Waals surface area contributed by atoms with Crippen molar-refractivity contribution in [2.24, 2.45) is 0 Å². The maximum atomic E-state index is 8.96. The molecule has 0 aliphatic heterocycles. The molecule has 17 heavy (non-hydrogen) atoms. The third kappa shape index (κ3) is 2.00. The molecule has 0 fully saturated rings. The van der Waals surface area contributed by atoms with Crippen molar-refractivity contribution in [2.75, 3.05) is 5.73 Å². The summed E-state index contributed by atoms with van der Waals surface area (Å²) in [5, 5.41) is 8.96. The number of anilines is 1. The van der Waals surface area contributed by atoms with E-state index in [0.717, 1.165) is 11.1 Å². The van der Waals surface area contributed by atoms with Gasteiger partial charge in [0, 0.05) is 5.56 Å². The molecule has 2 heteroatoms. The number of hydrogen-bond donors (Lipinski definition) is 1. The van der Waals surface area contributed by atoms with Crippen molar-refractivity contribution in [3.8, 4) is 17.2 Å². The Kier molecular flexibility index (Phi) is 2.84. The Bertz CT molecular complexity index is 607. The number of para-hydroxylation sites is 1. The normalized spacial score (nSPS) is 9.94. The molecule has 84 valence electrons. The van der Waals surface area contributed by atoms with Gasteiger partial charge in [-0.05, 0) is 36.6 Å². The van der Waals surface area contributed by atoms with E-state index in [1.54, 1.807) is 6.07 Å². The topological polar surface area (TPSA) is 49.8 Å². The second-order valence-electron chi connectivity index (χ2n) is 4.18. The van der Waals surface area contributed by atoms with Crippen molar-refractivity contribution in [2.45, 2.75) is 13.8 Å². The molecule has 2 N–H and O–H groups in total. The maximum Gasteiger partial charge on any atom is 0.101 e. The molecule has 2 aromatic rings. The fourth-order valence-electron chi connectivity index (χ4n) is 1.82. The van der Waals surface area contributed by atoms with E-state index in [0.29, 0.717) is 11.3 Å². The molecule has 0 aliphatic rings. The molecule has 0 amide bonds. The smallest absolute Gasteiger partial charge is 0.101 e. The van der Waals surface area contributed by atoms with Gasteiger partial charge >= 0.3 is 0 Å². The molecule has 2 rings (SSSR count). The van der Waals surface area contributed by atoms with E-state index in [9.17, 15) is 0 Å². The van der Waals surface area contributed by atoms with Crippen LogP contribution < -0.4 is 5.73 Å². The van der Waals surface area contributed by atoms with E-state index in [4.69, 9.17) is 11.0 Å². The van der Waals surface area contributed by atoms with Crippen molar-refractivity contribution in [1.82, 2.24) is 0 Å². The lowest BCUT2D eigenvalue weighted by Crippen LogP contribution is -1.94. The fraction of sp³-hybridized carbons (Fsp3) is 0.133. The van der Waals surface area contributed by atoms with Gasteiger partial charge < -0.3 is 5.73 Å². The van der Waals surface area contributed by atoms with Gasteiger partial charge in [-0.1, -0.05) is 30.3 Å². The van der Waals surface area contributed by atoms with E-state index in [1.165, 1.54) is 11.1 Å². The Morgan fingerprint density at radius 2 is 1.82 bits per heavy atom. The summed E-state index contributed by atoms with van der Waals surface area (Å²) in [6.45, 7) is 4.15. The zero-order valence-electron chi connectivity index (χ0n) is 9.99. The highest BCUT2D eigenvalue weighted by Gasteiger charge is 2.07. The number of nitrogens with zero attached hydrogens (tertiary/aromatic N) is 1. The monoisotopic (exact) mass is 222 g/mol. The van der Waals surface area contributed by atoms with Gasteiger partial charge in [-0.2, -0.15) is 5.26 Å². The third-order valence-corrected chi connectivity index (χ3v) is 3.04. The van der Waals surface area contributed by atoms with Crippen LogP contribution in [0.3, 0.4) is 0 Å². The Balaban J connectivity index is 2.61. The summed E-state index contributed by atoms with van der Waals surface area (Å²) in [5.41, 5.74) is 11.5. The van der Waals surface area contributed by atoms with Crippen LogP contribution >= 0.6 is 0 Å². The van der Waals surface area contributed by atoms with Crippen molar-refractivity contribution in [3.05, 3.63) is 53.1 Å². The summed E-state index contributed by atoms with van der Waals surface area (Å²) in [6, 6.07) is 13.9. The SMILES string of the molecule is Cc1ccc(-c2cccc(C#N)c2N)cc1C. The number of aryl methyl sites for hydroxylation is 2. The van der Waals surface area contributed by atoms with E-state index >= 15 is 0 Å². The average Bonchev–Trinajstić information content (AvgIpc) is 2.33. The summed E-state index contributed by atoms with van der Waals surface area (Å²) in [5.74, 6) is 0. The number of nitrogens with two attached hydrogens (primary N) is 1. The first-order chi connectivity index (χ1) is 8.13.